The van der Waals surface area contributed by atoms with Gasteiger partial charge in [-0.25, -0.2) is 4.99 Å². The highest BCUT2D eigenvalue weighted by Crippen LogP contribution is 2.36. The number of esters is 6. The van der Waals surface area contributed by atoms with Gasteiger partial charge in [-0.2, -0.15) is 0 Å². The topological polar surface area (TPSA) is 207 Å². The summed E-state index contributed by atoms with van der Waals surface area (Å²) in [5.74, 6) is -4.34. The van der Waals surface area contributed by atoms with Crippen molar-refractivity contribution < 1.29 is 76.1 Å². The third-order valence-electron chi connectivity index (χ3n) is 6.22. The quantitative estimate of drug-likeness (QED) is 0.223. The molecular formula is C26H35NO16. The summed E-state index contributed by atoms with van der Waals surface area (Å²) in [6.45, 7) is 7.36. The lowest BCUT2D eigenvalue weighted by Crippen LogP contribution is -2.66. The lowest BCUT2D eigenvalue weighted by Gasteiger charge is -2.47. The van der Waals surface area contributed by atoms with Crippen molar-refractivity contribution >= 4 is 41.7 Å². The Labute approximate surface area is 246 Å². The van der Waals surface area contributed by atoms with Crippen LogP contribution in [0, 0.1) is 0 Å². The Kier molecular flexibility index (Phi) is 11.4. The molecule has 0 aromatic heterocycles. The molecule has 3 aliphatic heterocycles. The maximum absolute atomic E-state index is 12.2. The van der Waals surface area contributed by atoms with Crippen LogP contribution in [0.4, 0.5) is 0 Å². The van der Waals surface area contributed by atoms with Crippen LogP contribution in [0.15, 0.2) is 4.99 Å². The van der Waals surface area contributed by atoms with Gasteiger partial charge in [-0.15, -0.1) is 0 Å². The van der Waals surface area contributed by atoms with Gasteiger partial charge in [0, 0.05) is 48.5 Å². The number of rotatable bonds is 10. The summed E-state index contributed by atoms with van der Waals surface area (Å²) in [7, 11) is 0. The first kappa shape index (κ1) is 33.7. The van der Waals surface area contributed by atoms with E-state index in [1.54, 1.807) is 6.92 Å². The molecule has 0 radical (unpaired) electrons. The Morgan fingerprint density at radius 1 is 0.605 bits per heavy atom. The predicted molar refractivity (Wildman–Crippen MR) is 136 cm³/mol. The van der Waals surface area contributed by atoms with Crippen molar-refractivity contribution in [3.63, 3.8) is 0 Å². The Hall–Kier alpha value is -3.83. The Bertz CT molecular complexity index is 1120. The molecule has 0 saturated carbocycles. The Morgan fingerprint density at radius 2 is 1.07 bits per heavy atom. The summed E-state index contributed by atoms with van der Waals surface area (Å²) in [5, 5.41) is 0. The van der Waals surface area contributed by atoms with Gasteiger partial charge in [0.1, 0.15) is 31.5 Å². The van der Waals surface area contributed by atoms with E-state index in [0.29, 0.717) is 0 Å². The molecule has 10 atom stereocenters. The first-order valence-corrected chi connectivity index (χ1v) is 13.3. The Morgan fingerprint density at radius 3 is 1.58 bits per heavy atom. The monoisotopic (exact) mass is 617 g/mol. The number of ether oxygens (including phenoxy) is 10. The largest absolute Gasteiger partial charge is 0.463 e. The van der Waals surface area contributed by atoms with Crippen molar-refractivity contribution in [3.05, 3.63) is 0 Å². The lowest BCUT2D eigenvalue weighted by atomic mass is 9.95. The van der Waals surface area contributed by atoms with Crippen molar-refractivity contribution in [1.82, 2.24) is 0 Å². The molecule has 0 bridgehead atoms. The lowest BCUT2D eigenvalue weighted by molar-refractivity contribution is -0.344. The van der Waals surface area contributed by atoms with Crippen LogP contribution >= 0.6 is 0 Å². The average molecular weight is 618 g/mol. The smallest absolute Gasteiger partial charge is 0.303 e. The average Bonchev–Trinajstić information content (AvgIpc) is 3.25. The molecule has 3 rings (SSSR count). The van der Waals surface area contributed by atoms with Gasteiger partial charge >= 0.3 is 35.8 Å². The fourth-order valence-corrected chi connectivity index (χ4v) is 4.81. The molecule has 240 valence electrons. The summed E-state index contributed by atoms with van der Waals surface area (Å²) >= 11 is 0. The van der Waals surface area contributed by atoms with E-state index in [2.05, 4.69) is 4.99 Å². The number of hydrogen-bond acceptors (Lipinski definition) is 17. The number of hydrogen-bond donors (Lipinski definition) is 0. The number of aliphatic imine (C=N–C) groups is 1. The van der Waals surface area contributed by atoms with Crippen molar-refractivity contribution in [2.24, 2.45) is 4.99 Å². The molecular weight excluding hydrogens is 582 g/mol. The summed E-state index contributed by atoms with van der Waals surface area (Å²) in [4.78, 5) is 76.2. The van der Waals surface area contributed by atoms with Crippen LogP contribution in [0.2, 0.25) is 0 Å². The summed E-state index contributed by atoms with van der Waals surface area (Å²) in [6.07, 6.45) is -12.2. The molecule has 0 N–H and O–H groups in total. The van der Waals surface area contributed by atoms with E-state index in [4.69, 9.17) is 47.4 Å². The van der Waals surface area contributed by atoms with Crippen LogP contribution in [0.1, 0.15) is 48.5 Å². The van der Waals surface area contributed by atoms with Crippen LogP contribution in [0.3, 0.4) is 0 Å². The number of carbonyl (C=O) groups excluding carboxylic acids is 6. The molecule has 3 aliphatic rings. The second-order valence-corrected chi connectivity index (χ2v) is 9.84. The minimum absolute atomic E-state index is 0.228. The minimum atomic E-state index is -1.64. The molecule has 0 aromatic rings. The zero-order chi connectivity index (χ0) is 32.0. The standard InChI is InChI=1S/C26H35NO16/c1-10-27-19-22(38-14(5)31)20(17(8-34-11(2)28)41-25(19)36-10)43-26-24(40-16(7)33)23(39-15(6)32)21(37-13(4)30)18(42-26)9-35-12(3)29/h17-26H,8-9H2,1-7H3/t17-,18-,19-,20-,21-,22-,23+,24-,25+,26+/m1/s1. The van der Waals surface area contributed by atoms with Gasteiger partial charge in [0.2, 0.25) is 6.29 Å². The van der Waals surface area contributed by atoms with Crippen LogP contribution in [-0.4, -0.2) is 116 Å². The third-order valence-corrected chi connectivity index (χ3v) is 6.22. The van der Waals surface area contributed by atoms with Gasteiger partial charge in [-0.1, -0.05) is 0 Å². The van der Waals surface area contributed by atoms with E-state index < -0.39 is 110 Å². The molecule has 43 heavy (non-hydrogen) atoms. The van der Waals surface area contributed by atoms with E-state index in [-0.39, 0.29) is 5.90 Å². The summed E-state index contributed by atoms with van der Waals surface area (Å²) < 4.78 is 55.9. The molecule has 0 aromatic carbocycles. The maximum atomic E-state index is 12.2. The maximum Gasteiger partial charge on any atom is 0.303 e. The van der Waals surface area contributed by atoms with Crippen molar-refractivity contribution in [1.29, 1.82) is 0 Å². The fourth-order valence-electron chi connectivity index (χ4n) is 4.81. The second kappa shape index (κ2) is 14.6. The molecule has 0 spiro atoms. The zero-order valence-electron chi connectivity index (χ0n) is 24.7. The van der Waals surface area contributed by atoms with Crippen molar-refractivity contribution in [2.75, 3.05) is 13.2 Å². The summed E-state index contributed by atoms with van der Waals surface area (Å²) in [6, 6.07) is -0.923. The van der Waals surface area contributed by atoms with Crippen molar-refractivity contribution in [3.8, 4) is 0 Å². The van der Waals surface area contributed by atoms with Crippen LogP contribution in [0.25, 0.3) is 0 Å². The molecule has 17 heteroatoms. The van der Waals surface area contributed by atoms with Gasteiger partial charge in [-0.05, 0) is 0 Å². The zero-order valence-corrected chi connectivity index (χ0v) is 24.7. The number of carbonyl (C=O) groups is 6. The Balaban J connectivity index is 2.07. The van der Waals surface area contributed by atoms with E-state index >= 15 is 0 Å². The molecule has 2 fully saturated rings. The summed E-state index contributed by atoms with van der Waals surface area (Å²) in [5.41, 5.74) is 0. The van der Waals surface area contributed by atoms with Crippen LogP contribution < -0.4 is 0 Å². The number of fused-ring (bicyclic) bond motifs is 1. The highest BCUT2D eigenvalue weighted by Gasteiger charge is 2.58. The second-order valence-electron chi connectivity index (χ2n) is 9.84. The SMILES string of the molecule is CC(=O)OC[C@H]1O[C@@H](O[C@H]2[C@H](OC(C)=O)[C@H]3N=C(C)O[C@H]3O[C@@H]2COC(C)=O)[C@H](OC(C)=O)[C@@H](OC(C)=O)[C@@H]1OC(C)=O. The minimum Gasteiger partial charge on any atom is -0.463 e. The van der Waals surface area contributed by atoms with Crippen LogP contribution in [0.5, 0.6) is 0 Å². The molecule has 3 heterocycles. The van der Waals surface area contributed by atoms with Gasteiger partial charge in [0.05, 0.1) is 0 Å². The molecule has 0 amide bonds. The van der Waals surface area contributed by atoms with Gasteiger partial charge in [0.15, 0.2) is 42.6 Å². The van der Waals surface area contributed by atoms with Crippen molar-refractivity contribution in [2.45, 2.75) is 110 Å². The predicted octanol–water partition coefficient (Wildman–Crippen LogP) is -0.508. The fraction of sp³-hybridized carbons (Fsp3) is 0.731. The third kappa shape index (κ3) is 9.08. The molecule has 2 saturated heterocycles. The normalized spacial score (nSPS) is 33.0. The van der Waals surface area contributed by atoms with Gasteiger partial charge in [-0.3, -0.25) is 28.8 Å². The van der Waals surface area contributed by atoms with Gasteiger partial charge in [0.25, 0.3) is 0 Å². The highest BCUT2D eigenvalue weighted by atomic mass is 16.8. The molecule has 17 nitrogen and oxygen atoms in total. The van der Waals surface area contributed by atoms with Crippen LogP contribution in [-0.2, 0) is 76.1 Å². The molecule has 0 unspecified atom stereocenters. The van der Waals surface area contributed by atoms with E-state index in [9.17, 15) is 28.8 Å². The van der Waals surface area contributed by atoms with E-state index in [1.807, 2.05) is 0 Å². The highest BCUT2D eigenvalue weighted by molar-refractivity contribution is 5.75. The van der Waals surface area contributed by atoms with Gasteiger partial charge < -0.3 is 47.4 Å². The first-order chi connectivity index (χ1) is 20.2. The van der Waals surface area contributed by atoms with E-state index in [1.165, 1.54) is 6.92 Å². The number of nitrogens with zero attached hydrogens (tertiary/aromatic N) is 1. The van der Waals surface area contributed by atoms with E-state index in [0.717, 1.165) is 34.6 Å². The first-order valence-electron chi connectivity index (χ1n) is 13.3. The molecule has 0 aliphatic carbocycles.